The Labute approximate surface area is 153 Å². The Balaban J connectivity index is 1.69. The van der Waals surface area contributed by atoms with Crippen molar-refractivity contribution >= 4 is 29.0 Å². The van der Waals surface area contributed by atoms with Crippen molar-refractivity contribution in [2.45, 2.75) is 26.7 Å². The second-order valence-electron chi connectivity index (χ2n) is 6.45. The summed E-state index contributed by atoms with van der Waals surface area (Å²) in [5.74, 6) is -0.134. The second kappa shape index (κ2) is 7.52. The van der Waals surface area contributed by atoms with E-state index in [2.05, 4.69) is 0 Å². The number of carbonyl (C=O) groups is 3. The highest BCUT2D eigenvalue weighted by Gasteiger charge is 2.24. The molecule has 0 N–H and O–H groups in total. The molecule has 0 aromatic heterocycles. The zero-order chi connectivity index (χ0) is 18.7. The number of carbonyl (C=O) groups excluding carboxylic acids is 3. The van der Waals surface area contributed by atoms with Gasteiger partial charge in [0.1, 0.15) is 0 Å². The number of anilines is 2. The Morgan fingerprint density at radius 2 is 1.69 bits per heavy atom. The highest BCUT2D eigenvalue weighted by molar-refractivity contribution is 5.98. The van der Waals surface area contributed by atoms with Crippen molar-refractivity contribution in [3.8, 4) is 0 Å². The normalized spacial score (nSPS) is 12.6. The molecule has 26 heavy (non-hydrogen) atoms. The van der Waals surface area contributed by atoms with E-state index >= 15 is 0 Å². The maximum atomic E-state index is 12.7. The predicted molar refractivity (Wildman–Crippen MR) is 102 cm³/mol. The number of hydrogen-bond donors (Lipinski definition) is 0. The lowest BCUT2D eigenvalue weighted by molar-refractivity contribution is -0.118. The monoisotopic (exact) mass is 350 g/mol. The van der Waals surface area contributed by atoms with Gasteiger partial charge in [0.05, 0.1) is 0 Å². The Kier molecular flexibility index (Phi) is 5.16. The van der Waals surface area contributed by atoms with E-state index in [1.54, 1.807) is 34.1 Å². The fourth-order valence-corrected chi connectivity index (χ4v) is 3.28. The van der Waals surface area contributed by atoms with E-state index in [0.29, 0.717) is 24.3 Å². The number of amides is 2. The van der Waals surface area contributed by atoms with E-state index in [1.165, 1.54) is 19.4 Å². The van der Waals surface area contributed by atoms with E-state index < -0.39 is 0 Å². The third kappa shape index (κ3) is 3.67. The third-order valence-electron chi connectivity index (χ3n) is 4.70. The molecule has 1 heterocycles. The number of hydrogen-bond acceptors (Lipinski definition) is 3. The summed E-state index contributed by atoms with van der Waals surface area (Å²) in [5.41, 5.74) is 3.45. The molecule has 0 spiro atoms. The van der Waals surface area contributed by atoms with Gasteiger partial charge in [-0.25, -0.2) is 0 Å². The molecule has 134 valence electrons. The molecule has 2 aromatic rings. The average Bonchev–Trinajstić information content (AvgIpc) is 3.06. The molecule has 5 nitrogen and oxygen atoms in total. The molecule has 0 aliphatic carbocycles. The molecular weight excluding hydrogens is 328 g/mol. The van der Waals surface area contributed by atoms with Gasteiger partial charge < -0.3 is 9.80 Å². The van der Waals surface area contributed by atoms with Crippen LogP contribution in [0.25, 0.3) is 0 Å². The van der Waals surface area contributed by atoms with Crippen LogP contribution in [0.3, 0.4) is 0 Å². The van der Waals surface area contributed by atoms with Crippen LogP contribution in [0.2, 0.25) is 0 Å². The van der Waals surface area contributed by atoms with Gasteiger partial charge in [-0.1, -0.05) is 18.2 Å². The summed E-state index contributed by atoms with van der Waals surface area (Å²) in [5, 5.41) is 0. The van der Waals surface area contributed by atoms with E-state index in [9.17, 15) is 14.4 Å². The molecule has 0 fully saturated rings. The van der Waals surface area contributed by atoms with Gasteiger partial charge in [-0.2, -0.15) is 0 Å². The highest BCUT2D eigenvalue weighted by Crippen LogP contribution is 2.28. The van der Waals surface area contributed by atoms with Gasteiger partial charge in [-0.15, -0.1) is 0 Å². The predicted octanol–water partition coefficient (Wildman–Crippen LogP) is 3.22. The first-order chi connectivity index (χ1) is 12.5. The largest absolute Gasteiger partial charge is 0.312 e. The second-order valence-corrected chi connectivity index (χ2v) is 6.45. The van der Waals surface area contributed by atoms with Crippen LogP contribution in [0.1, 0.15) is 36.2 Å². The maximum absolute atomic E-state index is 12.7. The zero-order valence-electron chi connectivity index (χ0n) is 15.1. The van der Waals surface area contributed by atoms with Crippen molar-refractivity contribution in [1.82, 2.24) is 0 Å². The summed E-state index contributed by atoms with van der Waals surface area (Å²) >= 11 is 0. The van der Waals surface area contributed by atoms with Gasteiger partial charge >= 0.3 is 0 Å². The van der Waals surface area contributed by atoms with Crippen LogP contribution in [0.5, 0.6) is 0 Å². The van der Waals surface area contributed by atoms with E-state index in [1.807, 2.05) is 24.3 Å². The first-order valence-electron chi connectivity index (χ1n) is 8.75. The molecule has 0 radical (unpaired) electrons. The number of para-hydroxylation sites is 1. The average molecular weight is 350 g/mol. The Morgan fingerprint density at radius 3 is 2.35 bits per heavy atom. The van der Waals surface area contributed by atoms with Crippen molar-refractivity contribution in [3.05, 3.63) is 59.7 Å². The van der Waals surface area contributed by atoms with Gasteiger partial charge in [-0.3, -0.25) is 14.4 Å². The van der Waals surface area contributed by atoms with Crippen LogP contribution in [0.4, 0.5) is 11.4 Å². The minimum atomic E-state index is -0.129. The van der Waals surface area contributed by atoms with Gasteiger partial charge in [0.15, 0.2) is 5.78 Å². The lowest BCUT2D eigenvalue weighted by atomic mass is 10.1. The number of nitrogens with zero attached hydrogens (tertiary/aromatic N) is 2. The lowest BCUT2D eigenvalue weighted by Gasteiger charge is -2.23. The minimum absolute atomic E-state index is 0.0153. The van der Waals surface area contributed by atoms with Crippen LogP contribution in [0.15, 0.2) is 48.5 Å². The van der Waals surface area contributed by atoms with Crippen molar-refractivity contribution in [2.75, 3.05) is 22.9 Å². The van der Waals surface area contributed by atoms with Gasteiger partial charge in [0.25, 0.3) is 0 Å². The topological polar surface area (TPSA) is 57.7 Å². The highest BCUT2D eigenvalue weighted by atomic mass is 16.2. The Hall–Kier alpha value is -2.95. The standard InChI is InChI=1S/C21H22N2O3/c1-15(24)17-7-9-19(10-8-17)22(16(2)25)14-12-21(26)23-13-11-18-5-3-4-6-20(18)23/h3-10H,11-14H2,1-2H3. The maximum Gasteiger partial charge on any atom is 0.228 e. The number of benzene rings is 2. The van der Waals surface area contributed by atoms with Crippen molar-refractivity contribution in [3.63, 3.8) is 0 Å². The minimum Gasteiger partial charge on any atom is -0.312 e. The Bertz CT molecular complexity index is 843. The smallest absolute Gasteiger partial charge is 0.228 e. The lowest BCUT2D eigenvalue weighted by Crippen LogP contribution is -2.35. The summed E-state index contributed by atoms with van der Waals surface area (Å²) < 4.78 is 0. The van der Waals surface area contributed by atoms with Crippen molar-refractivity contribution < 1.29 is 14.4 Å². The summed E-state index contributed by atoms with van der Waals surface area (Å²) in [6, 6.07) is 14.8. The molecule has 0 atom stereocenters. The van der Waals surface area contributed by atoms with Crippen LogP contribution in [-0.2, 0) is 16.0 Å². The number of rotatable bonds is 5. The Morgan fingerprint density at radius 1 is 1.00 bits per heavy atom. The first-order valence-corrected chi connectivity index (χ1v) is 8.75. The molecule has 1 aliphatic rings. The van der Waals surface area contributed by atoms with Gasteiger partial charge in [0.2, 0.25) is 11.8 Å². The van der Waals surface area contributed by atoms with Crippen LogP contribution in [0, 0.1) is 0 Å². The third-order valence-corrected chi connectivity index (χ3v) is 4.70. The molecule has 0 saturated carbocycles. The number of ketones is 1. The zero-order valence-corrected chi connectivity index (χ0v) is 15.1. The molecule has 2 aromatic carbocycles. The van der Waals surface area contributed by atoms with Crippen molar-refractivity contribution in [2.24, 2.45) is 0 Å². The van der Waals surface area contributed by atoms with Crippen LogP contribution < -0.4 is 9.80 Å². The van der Waals surface area contributed by atoms with E-state index in [-0.39, 0.29) is 24.0 Å². The summed E-state index contributed by atoms with van der Waals surface area (Å²) in [6.45, 7) is 3.98. The molecule has 1 aliphatic heterocycles. The van der Waals surface area contributed by atoms with E-state index in [4.69, 9.17) is 0 Å². The summed E-state index contributed by atoms with van der Waals surface area (Å²) in [7, 11) is 0. The van der Waals surface area contributed by atoms with Gasteiger partial charge in [-0.05, 0) is 49.2 Å². The van der Waals surface area contributed by atoms with Gasteiger partial charge in [0, 0.05) is 43.4 Å². The quantitative estimate of drug-likeness (QED) is 0.778. The fraction of sp³-hybridized carbons (Fsp3) is 0.286. The summed E-state index contributed by atoms with van der Waals surface area (Å²) in [6.07, 6.45) is 1.12. The van der Waals surface area contributed by atoms with Crippen LogP contribution in [-0.4, -0.2) is 30.7 Å². The number of Topliss-reactive ketones (excluding diaryl/α,β-unsaturated/α-hetero) is 1. The molecule has 0 unspecified atom stereocenters. The molecule has 5 heteroatoms. The molecule has 0 bridgehead atoms. The molecule has 2 amide bonds. The van der Waals surface area contributed by atoms with Crippen LogP contribution >= 0.6 is 0 Å². The first kappa shape index (κ1) is 17.9. The van der Waals surface area contributed by atoms with E-state index in [0.717, 1.165) is 12.1 Å². The number of fused-ring (bicyclic) bond motifs is 1. The molecular formula is C21H22N2O3. The molecule has 0 saturated heterocycles. The fourth-order valence-electron chi connectivity index (χ4n) is 3.28. The summed E-state index contributed by atoms with van der Waals surface area (Å²) in [4.78, 5) is 39.4. The molecule has 3 rings (SSSR count). The van der Waals surface area contributed by atoms with Crippen molar-refractivity contribution in [1.29, 1.82) is 0 Å². The SMILES string of the molecule is CC(=O)c1ccc(N(CCC(=O)N2CCc3ccccc32)C(C)=O)cc1.